The van der Waals surface area contributed by atoms with Gasteiger partial charge in [-0.1, -0.05) is 36.4 Å². The highest BCUT2D eigenvalue weighted by Crippen LogP contribution is 2.24. The number of hydrogen-bond donors (Lipinski definition) is 1. The summed E-state index contributed by atoms with van der Waals surface area (Å²) in [6.07, 6.45) is 0. The lowest BCUT2D eigenvalue weighted by molar-refractivity contribution is -0.0443. The number of fused-ring (bicyclic) bond motifs is 1. The summed E-state index contributed by atoms with van der Waals surface area (Å²) in [5, 5.41) is 7.41. The van der Waals surface area contributed by atoms with Gasteiger partial charge < -0.3 is 5.32 Å². The number of guanidine groups is 1. The summed E-state index contributed by atoms with van der Waals surface area (Å²) in [6.45, 7) is 0.807. The summed E-state index contributed by atoms with van der Waals surface area (Å²) in [7, 11) is 3.47. The van der Waals surface area contributed by atoms with Crippen LogP contribution in [0.2, 0.25) is 0 Å². The number of hydroxylamine groups is 2. The molecule has 0 saturated carbocycles. The van der Waals surface area contributed by atoms with E-state index in [1.54, 1.807) is 12.2 Å². The lowest BCUT2D eigenvalue weighted by Crippen LogP contribution is -2.34. The summed E-state index contributed by atoms with van der Waals surface area (Å²) in [5.74, 6) is 0.778. The first-order chi connectivity index (χ1) is 9.28. The molecule has 1 heterocycles. The fourth-order valence-electron chi connectivity index (χ4n) is 2.31. The van der Waals surface area contributed by atoms with Crippen LogP contribution >= 0.6 is 0 Å². The molecule has 1 atom stereocenters. The zero-order valence-electron chi connectivity index (χ0n) is 11.1. The van der Waals surface area contributed by atoms with E-state index in [0.29, 0.717) is 0 Å². The van der Waals surface area contributed by atoms with Gasteiger partial charge in [0, 0.05) is 13.6 Å². The summed E-state index contributed by atoms with van der Waals surface area (Å²) in [5.41, 5.74) is 1.23. The van der Waals surface area contributed by atoms with Crippen molar-refractivity contribution in [3.8, 4) is 0 Å². The molecule has 0 saturated heterocycles. The molecular weight excluding hydrogens is 238 g/mol. The Labute approximate surface area is 112 Å². The lowest BCUT2D eigenvalue weighted by atomic mass is 10.0. The van der Waals surface area contributed by atoms with Crippen LogP contribution in [-0.4, -0.2) is 31.7 Å². The lowest BCUT2D eigenvalue weighted by Gasteiger charge is -2.14. The van der Waals surface area contributed by atoms with E-state index in [2.05, 4.69) is 52.8 Å². The predicted molar refractivity (Wildman–Crippen MR) is 76.9 cm³/mol. The first-order valence-corrected chi connectivity index (χ1v) is 6.36. The molecule has 1 unspecified atom stereocenters. The maximum Gasteiger partial charge on any atom is 0.218 e. The van der Waals surface area contributed by atoms with Gasteiger partial charge in [-0.25, -0.2) is 10.1 Å². The van der Waals surface area contributed by atoms with E-state index in [0.717, 1.165) is 12.5 Å². The van der Waals surface area contributed by atoms with E-state index in [-0.39, 0.29) is 6.04 Å². The average Bonchev–Trinajstić information content (AvgIpc) is 2.95. The molecular formula is C15H17N3O. The van der Waals surface area contributed by atoms with E-state index in [1.807, 2.05) is 7.05 Å². The summed E-state index contributed by atoms with van der Waals surface area (Å²) in [4.78, 5) is 9.77. The molecule has 0 fully saturated rings. The largest absolute Gasteiger partial charge is 0.352 e. The maximum atomic E-state index is 5.13. The monoisotopic (exact) mass is 255 g/mol. The molecule has 0 bridgehead atoms. The van der Waals surface area contributed by atoms with E-state index < -0.39 is 0 Å². The molecule has 0 amide bonds. The normalized spacial score (nSPS) is 18.2. The van der Waals surface area contributed by atoms with Crippen LogP contribution in [0.4, 0.5) is 0 Å². The van der Waals surface area contributed by atoms with Crippen LogP contribution in [0.1, 0.15) is 11.6 Å². The van der Waals surface area contributed by atoms with Crippen molar-refractivity contribution in [1.29, 1.82) is 0 Å². The Bertz CT molecular complexity index is 624. The second kappa shape index (κ2) is 4.90. The van der Waals surface area contributed by atoms with Crippen molar-refractivity contribution < 1.29 is 4.84 Å². The molecule has 4 heteroatoms. The predicted octanol–water partition coefficient (Wildman–Crippen LogP) is 2.33. The Morgan fingerprint density at radius 2 is 2.00 bits per heavy atom. The molecule has 0 aliphatic carbocycles. The zero-order chi connectivity index (χ0) is 13.2. The standard InChI is InChI=1S/C15H17N3O/c1-18(19-2)15-16-10-14(17-15)13-8-7-11-5-3-4-6-12(11)9-13/h3-9,14H,10H2,1-2H3,(H,16,17). The van der Waals surface area contributed by atoms with Crippen molar-refractivity contribution in [1.82, 2.24) is 10.4 Å². The Morgan fingerprint density at radius 3 is 2.79 bits per heavy atom. The molecule has 19 heavy (non-hydrogen) atoms. The fraction of sp³-hybridized carbons (Fsp3) is 0.267. The van der Waals surface area contributed by atoms with Gasteiger partial charge in [-0.15, -0.1) is 0 Å². The van der Waals surface area contributed by atoms with E-state index in [9.17, 15) is 0 Å². The van der Waals surface area contributed by atoms with Gasteiger partial charge in [-0.05, 0) is 22.4 Å². The van der Waals surface area contributed by atoms with Crippen molar-refractivity contribution in [2.24, 2.45) is 4.99 Å². The van der Waals surface area contributed by atoms with Crippen LogP contribution in [0.15, 0.2) is 47.5 Å². The third-order valence-corrected chi connectivity index (χ3v) is 3.46. The zero-order valence-corrected chi connectivity index (χ0v) is 11.1. The Morgan fingerprint density at radius 1 is 1.21 bits per heavy atom. The van der Waals surface area contributed by atoms with Crippen molar-refractivity contribution >= 4 is 16.7 Å². The third-order valence-electron chi connectivity index (χ3n) is 3.46. The topological polar surface area (TPSA) is 36.9 Å². The van der Waals surface area contributed by atoms with Crippen LogP contribution < -0.4 is 5.32 Å². The van der Waals surface area contributed by atoms with E-state index in [1.165, 1.54) is 16.3 Å². The smallest absolute Gasteiger partial charge is 0.218 e. The minimum Gasteiger partial charge on any atom is -0.352 e. The molecule has 0 aromatic heterocycles. The van der Waals surface area contributed by atoms with Gasteiger partial charge in [0.05, 0.1) is 13.2 Å². The van der Waals surface area contributed by atoms with Gasteiger partial charge in [0.15, 0.2) is 0 Å². The number of nitrogens with one attached hydrogen (secondary N) is 1. The van der Waals surface area contributed by atoms with E-state index >= 15 is 0 Å². The van der Waals surface area contributed by atoms with Gasteiger partial charge >= 0.3 is 0 Å². The van der Waals surface area contributed by atoms with Gasteiger partial charge in [-0.3, -0.25) is 4.84 Å². The second-order valence-corrected chi connectivity index (χ2v) is 4.64. The molecule has 98 valence electrons. The summed E-state index contributed by atoms with van der Waals surface area (Å²) in [6, 6.07) is 15.0. The highest BCUT2D eigenvalue weighted by Gasteiger charge is 2.21. The van der Waals surface area contributed by atoms with E-state index in [4.69, 9.17) is 4.84 Å². The van der Waals surface area contributed by atoms with Crippen molar-refractivity contribution in [2.75, 3.05) is 20.7 Å². The van der Waals surface area contributed by atoms with Crippen molar-refractivity contribution in [2.45, 2.75) is 6.04 Å². The maximum absolute atomic E-state index is 5.13. The number of nitrogens with zero attached hydrogens (tertiary/aromatic N) is 2. The van der Waals surface area contributed by atoms with Gasteiger partial charge in [0.1, 0.15) is 0 Å². The first kappa shape index (κ1) is 12.0. The molecule has 2 aromatic carbocycles. The van der Waals surface area contributed by atoms with Crippen molar-refractivity contribution in [3.05, 3.63) is 48.0 Å². The molecule has 4 nitrogen and oxygen atoms in total. The fourth-order valence-corrected chi connectivity index (χ4v) is 2.31. The number of rotatable bonds is 2. The molecule has 1 aliphatic rings. The molecule has 0 radical (unpaired) electrons. The average molecular weight is 255 g/mol. The highest BCUT2D eigenvalue weighted by atomic mass is 16.7. The minimum atomic E-state index is 0.150. The third kappa shape index (κ3) is 2.27. The van der Waals surface area contributed by atoms with Gasteiger partial charge in [0.25, 0.3) is 0 Å². The summed E-state index contributed by atoms with van der Waals surface area (Å²) >= 11 is 0. The first-order valence-electron chi connectivity index (χ1n) is 6.36. The molecule has 3 rings (SSSR count). The number of benzene rings is 2. The molecule has 1 aliphatic heterocycles. The van der Waals surface area contributed by atoms with Crippen LogP contribution in [-0.2, 0) is 4.84 Å². The quantitative estimate of drug-likeness (QED) is 0.837. The number of aliphatic imine (C=N–C) groups is 1. The van der Waals surface area contributed by atoms with Crippen LogP contribution in [0, 0.1) is 0 Å². The minimum absolute atomic E-state index is 0.150. The van der Waals surface area contributed by atoms with Crippen molar-refractivity contribution in [3.63, 3.8) is 0 Å². The molecule has 1 N–H and O–H groups in total. The van der Waals surface area contributed by atoms with Crippen LogP contribution in [0.5, 0.6) is 0 Å². The van der Waals surface area contributed by atoms with Gasteiger partial charge in [-0.2, -0.15) is 0 Å². The summed E-state index contributed by atoms with van der Waals surface area (Å²) < 4.78 is 0. The Kier molecular flexibility index (Phi) is 3.09. The van der Waals surface area contributed by atoms with Gasteiger partial charge in [0.2, 0.25) is 5.96 Å². The SMILES string of the molecule is CON(C)C1=NC(c2ccc3ccccc3c2)CN1. The second-order valence-electron chi connectivity index (χ2n) is 4.64. The molecule has 0 spiro atoms. The molecule has 2 aromatic rings. The number of hydrogen-bond acceptors (Lipinski definition) is 4. The Hall–Kier alpha value is -2.07. The van der Waals surface area contributed by atoms with Crippen LogP contribution in [0.25, 0.3) is 10.8 Å². The highest BCUT2D eigenvalue weighted by molar-refractivity contribution is 5.84. The van der Waals surface area contributed by atoms with Crippen LogP contribution in [0.3, 0.4) is 0 Å². The Balaban J connectivity index is 1.91.